The fourth-order valence-electron chi connectivity index (χ4n) is 0. The first-order valence-corrected chi connectivity index (χ1v) is 8.50. The van der Waals surface area contributed by atoms with Crippen molar-refractivity contribution in [2.75, 3.05) is 0 Å². The van der Waals surface area contributed by atoms with Gasteiger partial charge in [-0.25, -0.2) is 0 Å². The van der Waals surface area contributed by atoms with Crippen LogP contribution in [0.3, 0.4) is 0 Å². The van der Waals surface area contributed by atoms with Gasteiger partial charge in [0.15, 0.2) is 0 Å². The van der Waals surface area contributed by atoms with Crippen LogP contribution in [0.4, 0.5) is 0 Å². The van der Waals surface area contributed by atoms with Crippen LogP contribution in [0, 0.1) is 0 Å². The predicted octanol–water partition coefficient (Wildman–Crippen LogP) is -6.37. The average Bonchev–Trinajstić information content (AvgIpc) is 1.99. The molecule has 0 saturated heterocycles. The standard InChI is InChI=1S/3Cr.2H3O4P.6O/c;;;2*1-5(2,3)4;;;;;;/h;;;2*(H3,1,2,3,4);;;;;;/q3*+2;;;;;;;;/p-6. The molecule has 0 aliphatic carbocycles. The molecule has 0 aromatic carbocycles. The Hall–Kier alpha value is 0.617. The minimum atomic E-state index is -5.39. The second kappa shape index (κ2) is 23.7. The number of hydrogen-bond donors (Lipinski definition) is 0. The molecule has 0 fully saturated rings. The zero-order chi connectivity index (χ0) is 17.1. The van der Waals surface area contributed by atoms with Crippen LogP contribution in [0.5, 0.6) is 0 Å². The number of rotatable bonds is 0. The third kappa shape index (κ3) is 13500. The molecule has 14 nitrogen and oxygen atoms in total. The summed E-state index contributed by atoms with van der Waals surface area (Å²) in [6, 6.07) is 0. The van der Waals surface area contributed by atoms with Crippen molar-refractivity contribution >= 4 is 15.6 Å². The van der Waals surface area contributed by atoms with Gasteiger partial charge < -0.3 is 38.5 Å². The van der Waals surface area contributed by atoms with Gasteiger partial charge in [-0.2, -0.15) is 15.6 Å². The van der Waals surface area contributed by atoms with E-state index in [1.54, 1.807) is 0 Å². The van der Waals surface area contributed by atoms with E-state index in [4.69, 9.17) is 61.3 Å². The van der Waals surface area contributed by atoms with Gasteiger partial charge in [-0.3, -0.25) is 0 Å². The van der Waals surface area contributed by atoms with E-state index in [1.807, 2.05) is 0 Å². The molecule has 19 heavy (non-hydrogen) atoms. The molecule has 0 atom stereocenters. The molecule has 0 aliphatic heterocycles. The molecule has 0 aromatic rings. The first-order valence-electron chi connectivity index (χ1n) is 2.46. The van der Waals surface area contributed by atoms with E-state index in [1.165, 1.54) is 0 Å². The third-order valence-electron chi connectivity index (χ3n) is 0. The molecule has 0 unspecified atom stereocenters. The van der Waals surface area contributed by atoms with Crippen molar-refractivity contribution in [2.45, 2.75) is 0 Å². The second-order valence-corrected chi connectivity index (χ2v) is 3.52. The summed E-state index contributed by atoms with van der Waals surface area (Å²) in [5.74, 6) is 0. The average molecular weight is 442 g/mol. The molecule has 0 saturated carbocycles. The summed E-state index contributed by atoms with van der Waals surface area (Å²) in [5, 5.41) is 0. The van der Waals surface area contributed by atoms with E-state index in [2.05, 4.69) is 0 Å². The summed E-state index contributed by atoms with van der Waals surface area (Å²) in [5.41, 5.74) is 0. The summed E-state index contributed by atoms with van der Waals surface area (Å²) < 4.78 is 67.7. The van der Waals surface area contributed by atoms with Crippen molar-refractivity contribution in [2.24, 2.45) is 0 Å². The Balaban J connectivity index is -0.0000000442. The Morgan fingerprint density at radius 1 is 0.474 bits per heavy atom. The van der Waals surface area contributed by atoms with E-state index in [-0.39, 0.29) is 0 Å². The van der Waals surface area contributed by atoms with Crippen molar-refractivity contribution in [3.8, 4) is 0 Å². The zero-order valence-corrected chi connectivity index (χ0v) is 13.4. The van der Waals surface area contributed by atoms with E-state index in [0.717, 1.165) is 0 Å². The van der Waals surface area contributed by atoms with Gasteiger partial charge in [0, 0.05) is 0 Å². The molecule has 112 valence electrons. The number of phosphoric acid groups is 2. The predicted molar refractivity (Wildman–Crippen MR) is 19.3 cm³/mol. The molecule has 0 N–H and O–H groups in total. The van der Waals surface area contributed by atoms with E-state index < -0.39 is 60.9 Å². The van der Waals surface area contributed by atoms with Gasteiger partial charge in [-0.1, -0.05) is 0 Å². The molecular weight excluding hydrogens is 442 g/mol. The number of hydrogen-bond acceptors (Lipinski definition) is 14. The van der Waals surface area contributed by atoms with Crippen LogP contribution in [-0.4, -0.2) is 0 Å². The van der Waals surface area contributed by atoms with Crippen molar-refractivity contribution in [1.82, 2.24) is 0 Å². The Morgan fingerprint density at radius 3 is 0.474 bits per heavy atom. The summed E-state index contributed by atoms with van der Waals surface area (Å²) in [6.45, 7) is 0. The van der Waals surface area contributed by atoms with Gasteiger partial charge in [0.2, 0.25) is 0 Å². The van der Waals surface area contributed by atoms with Crippen molar-refractivity contribution in [3.05, 3.63) is 0 Å². The Bertz CT molecular complexity index is 300. The molecule has 19 heteroatoms. The van der Waals surface area contributed by atoms with Gasteiger partial charge >= 0.3 is 68.1 Å². The maximum atomic E-state index is 8.55. The third-order valence-corrected chi connectivity index (χ3v) is 0. The molecule has 0 rings (SSSR count). The minimum absolute atomic E-state index is 1.62. The fourth-order valence-corrected chi connectivity index (χ4v) is 0. The maximum absolute atomic E-state index is 8.55. The molecule has 0 amide bonds. The van der Waals surface area contributed by atoms with Crippen LogP contribution >= 0.6 is 15.6 Å². The molecular formula is Cr3O14P2. The Kier molecular flexibility index (Phi) is 39.7. The van der Waals surface area contributed by atoms with Gasteiger partial charge in [0.25, 0.3) is 0 Å². The van der Waals surface area contributed by atoms with Crippen molar-refractivity contribution in [1.29, 1.82) is 0 Å². The van der Waals surface area contributed by atoms with Gasteiger partial charge in [-0.15, -0.1) is 0 Å². The topological polar surface area (TPSA) is 275 Å². The van der Waals surface area contributed by atoms with Gasteiger partial charge in [0.1, 0.15) is 0 Å². The van der Waals surface area contributed by atoms with Crippen LogP contribution in [0.25, 0.3) is 0 Å². The van der Waals surface area contributed by atoms with E-state index >= 15 is 0 Å². The molecule has 0 heterocycles. The molecule has 0 radical (unpaired) electrons. The quantitative estimate of drug-likeness (QED) is 0.316. The van der Waals surface area contributed by atoms with E-state index in [9.17, 15) is 0 Å². The summed E-state index contributed by atoms with van der Waals surface area (Å²) in [7, 11) is -10.8. The van der Waals surface area contributed by atoms with Crippen LogP contribution in [0.1, 0.15) is 0 Å². The first kappa shape index (κ1) is 31.8. The Labute approximate surface area is 122 Å². The normalized spacial score (nSPS) is 7.47. The summed E-state index contributed by atoms with van der Waals surface area (Å²) in [4.78, 5) is 51.3. The van der Waals surface area contributed by atoms with Crippen LogP contribution in [0.15, 0.2) is 0 Å². The fraction of sp³-hybridized carbons (Fsp3) is 0. The van der Waals surface area contributed by atoms with Crippen molar-refractivity contribution in [3.63, 3.8) is 0 Å². The van der Waals surface area contributed by atoms with Gasteiger partial charge in [0.05, 0.1) is 0 Å². The molecule has 0 aromatic heterocycles. The van der Waals surface area contributed by atoms with Gasteiger partial charge in [-0.05, 0) is 0 Å². The van der Waals surface area contributed by atoms with E-state index in [0.29, 0.717) is 0 Å². The monoisotopic (exact) mass is 442 g/mol. The molecule has 0 aliphatic rings. The first-order chi connectivity index (χ1) is 8.24. The van der Waals surface area contributed by atoms with Crippen LogP contribution < -0.4 is 29.4 Å². The Morgan fingerprint density at radius 2 is 0.474 bits per heavy atom. The summed E-state index contributed by atoms with van der Waals surface area (Å²) in [6.07, 6.45) is 0. The molecule has 0 bridgehead atoms. The SMILES string of the molecule is O=P([O-])([O-])[O-].O=P([O-])([O-])[O-].[O]=[Cr+2]=[O].[O]=[Cr+2]=[O].[O]=[Cr+2]=[O]. The van der Waals surface area contributed by atoms with Crippen LogP contribution in [-0.2, 0) is 77.2 Å². The summed E-state index contributed by atoms with van der Waals surface area (Å²) >= 11 is -4.88. The van der Waals surface area contributed by atoms with Crippen LogP contribution in [0.2, 0.25) is 0 Å². The second-order valence-electron chi connectivity index (χ2n) is 1.10. The van der Waals surface area contributed by atoms with Crippen molar-refractivity contribution < 1.29 is 107 Å². The zero-order valence-electron chi connectivity index (χ0n) is 7.83. The molecule has 0 spiro atoms.